The molecule has 0 spiro atoms. The third-order valence-electron chi connectivity index (χ3n) is 5.62. The van der Waals surface area contributed by atoms with Gasteiger partial charge in [-0.15, -0.1) is 24.0 Å². The molecule has 0 radical (unpaired) electrons. The molecule has 0 aromatic carbocycles. The van der Waals surface area contributed by atoms with Gasteiger partial charge in [0.15, 0.2) is 5.96 Å². The van der Waals surface area contributed by atoms with Gasteiger partial charge in [-0.1, -0.05) is 19.8 Å². The Balaban J connectivity index is 0.00000312. The van der Waals surface area contributed by atoms with Crippen LogP contribution < -0.4 is 5.32 Å². The van der Waals surface area contributed by atoms with Crippen molar-refractivity contribution in [2.75, 3.05) is 34.7 Å². The first kappa shape index (κ1) is 22.3. The summed E-state index contributed by atoms with van der Waals surface area (Å²) in [6.45, 7) is 4.19. The van der Waals surface area contributed by atoms with Gasteiger partial charge in [-0.05, 0) is 45.0 Å². The lowest BCUT2D eigenvalue weighted by Crippen LogP contribution is -2.56. The second-order valence-electron chi connectivity index (χ2n) is 7.69. The molecule has 1 aromatic heterocycles. The molecule has 6 heteroatoms. The fourth-order valence-electron chi connectivity index (χ4n) is 3.96. The first-order valence-corrected chi connectivity index (χ1v) is 9.07. The van der Waals surface area contributed by atoms with Crippen LogP contribution in [0.4, 0.5) is 0 Å². The standard InChI is InChI=1S/C19H35N5.HI/c1-16-9-7-11-19(13-16,22(3)4)15-21-18(20-2)24(6)14-17-10-8-12-23(17)5;/h8,10,12,16H,7,9,11,13-15H2,1-6H3,(H,20,21);1H. The number of guanidine groups is 1. The van der Waals surface area contributed by atoms with Crippen molar-refractivity contribution in [3.05, 3.63) is 24.0 Å². The van der Waals surface area contributed by atoms with E-state index in [1.807, 2.05) is 7.05 Å². The highest BCUT2D eigenvalue weighted by Gasteiger charge is 2.37. The van der Waals surface area contributed by atoms with Gasteiger partial charge in [0.1, 0.15) is 0 Å². The van der Waals surface area contributed by atoms with Crippen LogP contribution >= 0.6 is 24.0 Å². The molecule has 1 fully saturated rings. The third kappa shape index (κ3) is 5.61. The van der Waals surface area contributed by atoms with Crippen molar-refractivity contribution in [1.29, 1.82) is 0 Å². The summed E-state index contributed by atoms with van der Waals surface area (Å²) in [6, 6.07) is 4.25. The number of rotatable bonds is 5. The summed E-state index contributed by atoms with van der Waals surface area (Å²) >= 11 is 0. The Morgan fingerprint density at radius 1 is 1.40 bits per heavy atom. The zero-order valence-corrected chi connectivity index (χ0v) is 19.1. The molecule has 1 aromatic rings. The van der Waals surface area contributed by atoms with Crippen LogP contribution in [0, 0.1) is 5.92 Å². The lowest BCUT2D eigenvalue weighted by Gasteiger charge is -2.45. The Kier molecular flexibility index (Phi) is 8.74. The molecule has 0 aliphatic heterocycles. The smallest absolute Gasteiger partial charge is 0.193 e. The van der Waals surface area contributed by atoms with E-state index in [0.717, 1.165) is 25.0 Å². The van der Waals surface area contributed by atoms with E-state index in [2.05, 4.69) is 78.1 Å². The van der Waals surface area contributed by atoms with Crippen molar-refractivity contribution in [2.24, 2.45) is 18.0 Å². The average molecular weight is 461 g/mol. The number of aromatic nitrogens is 1. The molecule has 0 saturated heterocycles. The van der Waals surface area contributed by atoms with Crippen molar-refractivity contribution in [1.82, 2.24) is 19.7 Å². The number of hydrogen-bond acceptors (Lipinski definition) is 2. The lowest BCUT2D eigenvalue weighted by molar-refractivity contribution is 0.0790. The van der Waals surface area contributed by atoms with Crippen LogP contribution in [0.1, 0.15) is 38.3 Å². The maximum atomic E-state index is 4.50. The monoisotopic (exact) mass is 461 g/mol. The molecule has 1 N–H and O–H groups in total. The topological polar surface area (TPSA) is 35.8 Å². The fraction of sp³-hybridized carbons (Fsp3) is 0.737. The molecule has 1 aliphatic rings. The molecule has 25 heavy (non-hydrogen) atoms. The Morgan fingerprint density at radius 3 is 2.64 bits per heavy atom. The molecule has 1 heterocycles. The second kappa shape index (κ2) is 9.80. The van der Waals surface area contributed by atoms with Crippen molar-refractivity contribution >= 4 is 29.9 Å². The van der Waals surface area contributed by atoms with Gasteiger partial charge < -0.3 is 19.7 Å². The zero-order chi connectivity index (χ0) is 17.7. The normalized spacial score (nSPS) is 24.1. The fourth-order valence-corrected chi connectivity index (χ4v) is 3.96. The molecular formula is C19H36IN5. The van der Waals surface area contributed by atoms with E-state index in [9.17, 15) is 0 Å². The van der Waals surface area contributed by atoms with E-state index in [0.29, 0.717) is 0 Å². The highest BCUT2D eigenvalue weighted by molar-refractivity contribution is 14.0. The molecular weight excluding hydrogens is 425 g/mol. The van der Waals surface area contributed by atoms with Crippen LogP contribution in [0.2, 0.25) is 0 Å². The third-order valence-corrected chi connectivity index (χ3v) is 5.62. The van der Waals surface area contributed by atoms with Gasteiger partial charge in [-0.3, -0.25) is 4.99 Å². The largest absolute Gasteiger partial charge is 0.354 e. The predicted octanol–water partition coefficient (Wildman–Crippen LogP) is 3.16. The van der Waals surface area contributed by atoms with Crippen LogP contribution in [0.3, 0.4) is 0 Å². The second-order valence-corrected chi connectivity index (χ2v) is 7.69. The maximum Gasteiger partial charge on any atom is 0.193 e. The van der Waals surface area contributed by atoms with E-state index in [1.165, 1.54) is 31.4 Å². The summed E-state index contributed by atoms with van der Waals surface area (Å²) in [6.07, 6.45) is 7.28. The first-order valence-electron chi connectivity index (χ1n) is 9.07. The highest BCUT2D eigenvalue weighted by atomic mass is 127. The van der Waals surface area contributed by atoms with E-state index in [1.54, 1.807) is 0 Å². The number of aliphatic imine (C=N–C) groups is 1. The molecule has 0 amide bonds. The van der Waals surface area contributed by atoms with Gasteiger partial charge in [-0.2, -0.15) is 0 Å². The van der Waals surface area contributed by atoms with Crippen LogP contribution in [0.5, 0.6) is 0 Å². The molecule has 2 unspecified atom stereocenters. The van der Waals surface area contributed by atoms with Crippen molar-refractivity contribution in [2.45, 2.75) is 44.7 Å². The van der Waals surface area contributed by atoms with Crippen LogP contribution in [0.15, 0.2) is 23.3 Å². The Hall–Kier alpha value is -0.760. The first-order chi connectivity index (χ1) is 11.4. The number of nitrogens with one attached hydrogen (secondary N) is 1. The minimum absolute atomic E-state index is 0. The Bertz CT molecular complexity index is 554. The summed E-state index contributed by atoms with van der Waals surface area (Å²) in [5, 5.41) is 3.64. The highest BCUT2D eigenvalue weighted by Crippen LogP contribution is 2.35. The number of hydrogen-bond donors (Lipinski definition) is 1. The van der Waals surface area contributed by atoms with E-state index >= 15 is 0 Å². The van der Waals surface area contributed by atoms with Gasteiger partial charge in [0.2, 0.25) is 0 Å². The van der Waals surface area contributed by atoms with Gasteiger partial charge in [0.05, 0.1) is 6.54 Å². The van der Waals surface area contributed by atoms with Gasteiger partial charge in [-0.25, -0.2) is 0 Å². The summed E-state index contributed by atoms with van der Waals surface area (Å²) in [7, 11) is 10.5. The number of likely N-dealkylation sites (N-methyl/N-ethyl adjacent to an activating group) is 1. The minimum atomic E-state index is 0. The summed E-state index contributed by atoms with van der Waals surface area (Å²) < 4.78 is 2.16. The molecule has 1 saturated carbocycles. The van der Waals surface area contributed by atoms with Gasteiger partial charge >= 0.3 is 0 Å². The van der Waals surface area contributed by atoms with E-state index in [4.69, 9.17) is 0 Å². The molecule has 2 atom stereocenters. The molecule has 5 nitrogen and oxygen atoms in total. The van der Waals surface area contributed by atoms with Crippen molar-refractivity contribution in [3.8, 4) is 0 Å². The van der Waals surface area contributed by atoms with Crippen molar-refractivity contribution < 1.29 is 0 Å². The summed E-state index contributed by atoms with van der Waals surface area (Å²) in [5.74, 6) is 1.77. The van der Waals surface area contributed by atoms with Gasteiger partial charge in [0, 0.05) is 45.1 Å². The lowest BCUT2D eigenvalue weighted by atomic mass is 9.75. The minimum Gasteiger partial charge on any atom is -0.354 e. The number of nitrogens with zero attached hydrogens (tertiary/aromatic N) is 4. The summed E-state index contributed by atoms with van der Waals surface area (Å²) in [4.78, 5) is 9.11. The molecule has 0 bridgehead atoms. The Morgan fingerprint density at radius 2 is 2.12 bits per heavy atom. The van der Waals surface area contributed by atoms with Crippen LogP contribution in [0.25, 0.3) is 0 Å². The number of halogens is 1. The molecule has 1 aliphatic carbocycles. The van der Waals surface area contributed by atoms with Crippen LogP contribution in [-0.4, -0.2) is 60.6 Å². The predicted molar refractivity (Wildman–Crippen MR) is 118 cm³/mol. The SMILES string of the molecule is CN=C(NCC1(N(C)C)CCCC(C)C1)N(C)Cc1cccn1C.I. The van der Waals surface area contributed by atoms with Gasteiger partial charge in [0.25, 0.3) is 0 Å². The summed E-state index contributed by atoms with van der Waals surface area (Å²) in [5.41, 5.74) is 1.52. The quantitative estimate of drug-likeness (QED) is 0.416. The maximum absolute atomic E-state index is 4.50. The average Bonchev–Trinajstić information content (AvgIpc) is 2.93. The molecule has 144 valence electrons. The number of aryl methyl sites for hydroxylation is 1. The van der Waals surface area contributed by atoms with E-state index in [-0.39, 0.29) is 29.5 Å². The zero-order valence-electron chi connectivity index (χ0n) is 16.7. The molecule has 2 rings (SSSR count). The van der Waals surface area contributed by atoms with E-state index < -0.39 is 0 Å². The Labute approximate surface area is 170 Å². The van der Waals surface area contributed by atoms with Crippen molar-refractivity contribution in [3.63, 3.8) is 0 Å². The van der Waals surface area contributed by atoms with Crippen LogP contribution in [-0.2, 0) is 13.6 Å².